The first kappa shape index (κ1) is 17.9. The number of carbonyl (C=O) groups excluding carboxylic acids is 1. The third-order valence-corrected chi connectivity index (χ3v) is 5.55. The summed E-state index contributed by atoms with van der Waals surface area (Å²) in [5.41, 5.74) is 2.08. The molecule has 3 atom stereocenters. The minimum absolute atomic E-state index is 0.168. The number of aromatic nitrogens is 4. The second-order valence-electron chi connectivity index (χ2n) is 7.16. The molecule has 0 bridgehead atoms. The SMILES string of the molecule is Cc1ccc(-n2nnnc2S[C@H](C)C(=O)N2C[C@@H](C)C[C@H](C)C2)cc1. The Labute approximate surface area is 153 Å². The van der Waals surface area contributed by atoms with Crippen LogP contribution in [0.25, 0.3) is 5.69 Å². The predicted molar refractivity (Wildman–Crippen MR) is 98.7 cm³/mol. The van der Waals surface area contributed by atoms with Gasteiger partial charge in [0.25, 0.3) is 0 Å². The van der Waals surface area contributed by atoms with Crippen LogP contribution < -0.4 is 0 Å². The Bertz CT molecular complexity index is 719. The maximum atomic E-state index is 12.8. The average Bonchev–Trinajstić information content (AvgIpc) is 3.02. The van der Waals surface area contributed by atoms with Crippen LogP contribution in [0.3, 0.4) is 0 Å². The fraction of sp³-hybridized carbons (Fsp3) is 0.556. The lowest BCUT2D eigenvalue weighted by Crippen LogP contribution is -2.45. The zero-order chi connectivity index (χ0) is 18.0. The van der Waals surface area contributed by atoms with Crippen LogP contribution >= 0.6 is 11.8 Å². The van der Waals surface area contributed by atoms with Gasteiger partial charge in [-0.25, -0.2) is 0 Å². The van der Waals surface area contributed by atoms with Crippen LogP contribution in [0.5, 0.6) is 0 Å². The third kappa shape index (κ3) is 4.21. The lowest BCUT2D eigenvalue weighted by molar-refractivity contribution is -0.132. The van der Waals surface area contributed by atoms with Gasteiger partial charge in [-0.15, -0.1) is 5.10 Å². The fourth-order valence-corrected chi connectivity index (χ4v) is 4.30. The van der Waals surface area contributed by atoms with Crippen LogP contribution in [0.2, 0.25) is 0 Å². The first-order valence-electron chi connectivity index (χ1n) is 8.75. The summed E-state index contributed by atoms with van der Waals surface area (Å²) in [6.45, 7) is 10.1. The van der Waals surface area contributed by atoms with E-state index in [4.69, 9.17) is 0 Å². The van der Waals surface area contributed by atoms with Crippen LogP contribution in [0.1, 0.15) is 32.8 Å². The zero-order valence-corrected chi connectivity index (χ0v) is 16.0. The largest absolute Gasteiger partial charge is 0.341 e. The molecule has 1 aliphatic rings. The molecule has 1 aliphatic heterocycles. The van der Waals surface area contributed by atoms with Gasteiger partial charge in [-0.2, -0.15) is 4.68 Å². The van der Waals surface area contributed by atoms with Crippen molar-refractivity contribution in [3.8, 4) is 5.69 Å². The standard InChI is InChI=1S/C18H25N5OS/c1-12-5-7-16(8-6-12)23-18(19-20-21-23)25-15(4)17(24)22-10-13(2)9-14(3)11-22/h5-8,13-15H,9-11H2,1-4H3/t13-,14-,15+/m0/s1. The molecule has 2 aromatic rings. The number of carbonyl (C=O) groups is 1. The molecule has 0 N–H and O–H groups in total. The van der Waals surface area contributed by atoms with Crippen LogP contribution in [0.4, 0.5) is 0 Å². The van der Waals surface area contributed by atoms with Crippen molar-refractivity contribution in [1.29, 1.82) is 0 Å². The molecule has 25 heavy (non-hydrogen) atoms. The molecule has 1 amide bonds. The number of nitrogens with zero attached hydrogens (tertiary/aromatic N) is 5. The number of rotatable bonds is 4. The summed E-state index contributed by atoms with van der Waals surface area (Å²) < 4.78 is 1.69. The maximum absolute atomic E-state index is 12.8. The van der Waals surface area contributed by atoms with Gasteiger partial charge in [0.15, 0.2) is 0 Å². The fourth-order valence-electron chi connectivity index (χ4n) is 3.41. The molecular weight excluding hydrogens is 334 g/mol. The van der Waals surface area contributed by atoms with Crippen LogP contribution in [0.15, 0.2) is 29.4 Å². The first-order valence-corrected chi connectivity index (χ1v) is 9.63. The van der Waals surface area contributed by atoms with E-state index in [0.717, 1.165) is 18.8 Å². The minimum Gasteiger partial charge on any atom is -0.341 e. The summed E-state index contributed by atoms with van der Waals surface area (Å²) in [5, 5.41) is 12.4. The molecule has 0 unspecified atom stereocenters. The highest BCUT2D eigenvalue weighted by molar-refractivity contribution is 8.00. The molecular formula is C18H25N5OS. The van der Waals surface area contributed by atoms with E-state index in [1.54, 1.807) is 4.68 Å². The average molecular weight is 359 g/mol. The smallest absolute Gasteiger partial charge is 0.235 e. The normalized spacial score (nSPS) is 22.0. The Morgan fingerprint density at radius 2 is 1.84 bits per heavy atom. The van der Waals surface area contributed by atoms with E-state index >= 15 is 0 Å². The summed E-state index contributed by atoms with van der Waals surface area (Å²) in [6.07, 6.45) is 1.19. The van der Waals surface area contributed by atoms with Gasteiger partial charge in [0, 0.05) is 13.1 Å². The second-order valence-corrected chi connectivity index (χ2v) is 8.47. The van der Waals surface area contributed by atoms with E-state index in [-0.39, 0.29) is 11.2 Å². The third-order valence-electron chi connectivity index (χ3n) is 4.53. The van der Waals surface area contributed by atoms with Gasteiger partial charge < -0.3 is 4.90 Å². The van der Waals surface area contributed by atoms with Crippen LogP contribution in [-0.4, -0.2) is 49.4 Å². The maximum Gasteiger partial charge on any atom is 0.235 e. The van der Waals surface area contributed by atoms with Crippen LogP contribution in [0, 0.1) is 18.8 Å². The highest BCUT2D eigenvalue weighted by Gasteiger charge is 2.29. The Morgan fingerprint density at radius 3 is 2.48 bits per heavy atom. The van der Waals surface area contributed by atoms with Crippen molar-refractivity contribution in [3.63, 3.8) is 0 Å². The Balaban J connectivity index is 1.71. The van der Waals surface area contributed by atoms with Crippen LogP contribution in [-0.2, 0) is 4.79 Å². The molecule has 1 aromatic carbocycles. The van der Waals surface area contributed by atoms with Gasteiger partial charge in [-0.1, -0.05) is 43.3 Å². The molecule has 1 aromatic heterocycles. The van der Waals surface area contributed by atoms with Crippen molar-refractivity contribution >= 4 is 17.7 Å². The molecule has 0 spiro atoms. The highest BCUT2D eigenvalue weighted by atomic mass is 32.2. The summed E-state index contributed by atoms with van der Waals surface area (Å²) in [7, 11) is 0. The summed E-state index contributed by atoms with van der Waals surface area (Å²) in [6, 6.07) is 8.01. The molecule has 0 radical (unpaired) electrons. The zero-order valence-electron chi connectivity index (χ0n) is 15.2. The van der Waals surface area contributed by atoms with E-state index in [1.807, 2.05) is 43.0 Å². The number of thioether (sulfide) groups is 1. The highest BCUT2D eigenvalue weighted by Crippen LogP contribution is 2.27. The van der Waals surface area contributed by atoms with Crippen molar-refractivity contribution in [3.05, 3.63) is 29.8 Å². The Hall–Kier alpha value is -1.89. The van der Waals surface area contributed by atoms with E-state index in [2.05, 4.69) is 29.4 Å². The Morgan fingerprint density at radius 1 is 1.20 bits per heavy atom. The number of piperidine rings is 1. The molecule has 2 heterocycles. The lowest BCUT2D eigenvalue weighted by Gasteiger charge is -2.36. The van der Waals surface area contributed by atoms with Gasteiger partial charge in [0.1, 0.15) is 0 Å². The van der Waals surface area contributed by atoms with Gasteiger partial charge in [-0.05, 0) is 54.7 Å². The topological polar surface area (TPSA) is 63.9 Å². The summed E-state index contributed by atoms with van der Waals surface area (Å²) in [5.74, 6) is 1.28. The molecule has 0 aliphatic carbocycles. The number of aryl methyl sites for hydroxylation is 1. The van der Waals surface area contributed by atoms with Crippen molar-refractivity contribution < 1.29 is 4.79 Å². The van der Waals surface area contributed by atoms with Gasteiger partial charge >= 0.3 is 0 Å². The number of benzene rings is 1. The lowest BCUT2D eigenvalue weighted by atomic mass is 9.92. The molecule has 3 rings (SSSR count). The minimum atomic E-state index is -0.215. The van der Waals surface area contributed by atoms with Crippen molar-refractivity contribution in [1.82, 2.24) is 25.1 Å². The molecule has 134 valence electrons. The van der Waals surface area contributed by atoms with Crippen molar-refractivity contribution in [2.45, 2.75) is 44.5 Å². The number of amides is 1. The molecule has 1 fully saturated rings. The number of hydrogen-bond donors (Lipinski definition) is 0. The molecule has 7 heteroatoms. The van der Waals surface area contributed by atoms with Crippen molar-refractivity contribution in [2.24, 2.45) is 11.8 Å². The van der Waals surface area contributed by atoms with Gasteiger partial charge in [0.2, 0.25) is 11.1 Å². The molecule has 1 saturated heterocycles. The first-order chi connectivity index (χ1) is 11.9. The van der Waals surface area contributed by atoms with E-state index in [1.165, 1.54) is 23.7 Å². The number of hydrogen-bond acceptors (Lipinski definition) is 5. The molecule has 6 nitrogen and oxygen atoms in total. The summed E-state index contributed by atoms with van der Waals surface area (Å²) in [4.78, 5) is 14.8. The number of likely N-dealkylation sites (tertiary alicyclic amines) is 1. The predicted octanol–water partition coefficient (Wildman–Crippen LogP) is 2.96. The Kier molecular flexibility index (Phi) is 5.42. The van der Waals surface area contributed by atoms with E-state index < -0.39 is 0 Å². The monoisotopic (exact) mass is 359 g/mol. The van der Waals surface area contributed by atoms with Gasteiger partial charge in [0.05, 0.1) is 10.9 Å². The second kappa shape index (κ2) is 7.56. The quantitative estimate of drug-likeness (QED) is 0.785. The van der Waals surface area contributed by atoms with Crippen molar-refractivity contribution in [2.75, 3.05) is 13.1 Å². The molecule has 0 saturated carbocycles. The summed E-state index contributed by atoms with van der Waals surface area (Å²) >= 11 is 1.42. The van der Waals surface area contributed by atoms with E-state index in [9.17, 15) is 4.79 Å². The van der Waals surface area contributed by atoms with Gasteiger partial charge in [-0.3, -0.25) is 4.79 Å². The number of tetrazole rings is 1. The van der Waals surface area contributed by atoms with E-state index in [0.29, 0.717) is 17.0 Å².